The second kappa shape index (κ2) is 8.20. The molecule has 0 saturated heterocycles. The lowest BCUT2D eigenvalue weighted by Crippen LogP contribution is -2.10. The Morgan fingerprint density at radius 2 is 0.955 bits per heavy atom. The molecule has 2 N–H and O–H groups in total. The van der Waals surface area contributed by atoms with Crippen molar-refractivity contribution in [3.05, 3.63) is 59.7 Å². The Morgan fingerprint density at radius 3 is 1.18 bits per heavy atom. The van der Waals surface area contributed by atoms with E-state index in [0.717, 1.165) is 29.6 Å². The van der Waals surface area contributed by atoms with Crippen LogP contribution in [-0.4, -0.2) is 46.1 Å². The molecule has 0 radical (unpaired) electrons. The van der Waals surface area contributed by atoms with Gasteiger partial charge in [-0.05, 0) is 24.3 Å². The molecule has 22 heavy (non-hydrogen) atoms. The summed E-state index contributed by atoms with van der Waals surface area (Å²) in [5.41, 5.74) is 4.72. The average Bonchev–Trinajstić information content (AvgIpc) is 2.56. The van der Waals surface area contributed by atoms with Crippen LogP contribution in [0.5, 0.6) is 0 Å². The van der Waals surface area contributed by atoms with Crippen LogP contribution in [-0.2, 0) is 0 Å². The molecule has 0 unspecified atom stereocenters. The van der Waals surface area contributed by atoms with Gasteiger partial charge in [-0.25, -0.2) is 0 Å². The quantitative estimate of drug-likeness (QED) is 0.854. The van der Waals surface area contributed by atoms with Gasteiger partial charge < -0.3 is 14.9 Å². The van der Waals surface area contributed by atoms with Crippen LogP contribution in [0.25, 0.3) is 0 Å². The molecule has 4 nitrogen and oxygen atoms in total. The first-order valence-electron chi connectivity index (χ1n) is 7.08. The third kappa shape index (κ3) is 4.33. The molecule has 0 aromatic heterocycles. The van der Waals surface area contributed by atoms with Gasteiger partial charge in [0, 0.05) is 57.8 Å². The molecule has 0 bridgehead atoms. The lowest BCUT2D eigenvalue weighted by Gasteiger charge is -2.14. The number of aliphatic hydroxyl groups is 1. The van der Waals surface area contributed by atoms with Gasteiger partial charge >= 0.3 is 0 Å². The number of benzene rings is 2. The van der Waals surface area contributed by atoms with Crippen LogP contribution in [0.2, 0.25) is 0 Å². The highest BCUT2D eigenvalue weighted by atomic mass is 16.2. The van der Waals surface area contributed by atoms with Gasteiger partial charge in [0.2, 0.25) is 0 Å². The molecule has 118 valence electrons. The summed E-state index contributed by atoms with van der Waals surface area (Å²) in [6.45, 7) is 0. The SMILES string of the molecule is CN(C)c1ccc(C(=N)c2ccc(N(C)C)cc2)cc1.CO. The van der Waals surface area contributed by atoms with Crippen LogP contribution < -0.4 is 9.80 Å². The van der Waals surface area contributed by atoms with E-state index < -0.39 is 0 Å². The van der Waals surface area contributed by atoms with Gasteiger partial charge in [-0.1, -0.05) is 24.3 Å². The average molecular weight is 299 g/mol. The fourth-order valence-electron chi connectivity index (χ4n) is 2.02. The molecule has 0 aliphatic rings. The predicted octanol–water partition coefficient (Wildman–Crippen LogP) is 2.84. The smallest absolute Gasteiger partial charge is 0.0684 e. The van der Waals surface area contributed by atoms with E-state index in [1.54, 1.807) is 0 Å². The number of aliphatic hydroxyl groups excluding tert-OH is 1. The molecule has 4 heteroatoms. The first-order chi connectivity index (χ1) is 10.5. The zero-order chi connectivity index (χ0) is 16.7. The standard InChI is InChI=1S/C17H21N3.CH4O/c1-19(2)15-9-5-13(6-10-15)17(18)14-7-11-16(12-8-14)20(3)4;1-2/h5-12,18H,1-4H3;2H,1H3. The van der Waals surface area contributed by atoms with Crippen molar-refractivity contribution >= 4 is 17.1 Å². The minimum atomic E-state index is 0.556. The van der Waals surface area contributed by atoms with Gasteiger partial charge in [-0.2, -0.15) is 0 Å². The summed E-state index contributed by atoms with van der Waals surface area (Å²) >= 11 is 0. The summed E-state index contributed by atoms with van der Waals surface area (Å²) < 4.78 is 0. The van der Waals surface area contributed by atoms with Crippen molar-refractivity contribution in [1.82, 2.24) is 0 Å². The molecule has 0 aliphatic carbocycles. The van der Waals surface area contributed by atoms with Gasteiger partial charge in [0.25, 0.3) is 0 Å². The van der Waals surface area contributed by atoms with Crippen LogP contribution in [0.3, 0.4) is 0 Å². The van der Waals surface area contributed by atoms with Gasteiger partial charge in [-0.15, -0.1) is 0 Å². The fraction of sp³-hybridized carbons (Fsp3) is 0.278. The maximum absolute atomic E-state index is 8.30. The monoisotopic (exact) mass is 299 g/mol. The van der Waals surface area contributed by atoms with E-state index in [1.165, 1.54) is 0 Å². The minimum absolute atomic E-state index is 0.556. The van der Waals surface area contributed by atoms with Crippen molar-refractivity contribution in [2.75, 3.05) is 45.1 Å². The molecule has 2 aromatic rings. The summed E-state index contributed by atoms with van der Waals surface area (Å²) in [6, 6.07) is 16.1. The minimum Gasteiger partial charge on any atom is -0.400 e. The molecular weight excluding hydrogens is 274 g/mol. The Hall–Kier alpha value is -2.33. The van der Waals surface area contributed by atoms with Crippen molar-refractivity contribution in [3.8, 4) is 0 Å². The van der Waals surface area contributed by atoms with Crippen LogP contribution in [0.15, 0.2) is 48.5 Å². The lowest BCUT2D eigenvalue weighted by molar-refractivity contribution is 0.399. The van der Waals surface area contributed by atoms with Crippen LogP contribution in [0.1, 0.15) is 11.1 Å². The van der Waals surface area contributed by atoms with Gasteiger partial charge in [-0.3, -0.25) is 5.41 Å². The number of hydrogen-bond acceptors (Lipinski definition) is 4. The Balaban J connectivity index is 0.00000116. The van der Waals surface area contributed by atoms with Gasteiger partial charge in [0.1, 0.15) is 0 Å². The van der Waals surface area contributed by atoms with Crippen LogP contribution >= 0.6 is 0 Å². The number of hydrogen-bond donors (Lipinski definition) is 2. The normalized spacial score (nSPS) is 9.55. The fourth-order valence-corrected chi connectivity index (χ4v) is 2.02. The first-order valence-corrected chi connectivity index (χ1v) is 7.08. The summed E-state index contributed by atoms with van der Waals surface area (Å²) in [7, 11) is 9.06. The van der Waals surface area contributed by atoms with E-state index in [2.05, 4.69) is 9.80 Å². The molecule has 0 heterocycles. The van der Waals surface area contributed by atoms with Crippen molar-refractivity contribution < 1.29 is 5.11 Å². The maximum Gasteiger partial charge on any atom is 0.0684 e. The number of rotatable bonds is 4. The van der Waals surface area contributed by atoms with E-state index in [1.807, 2.05) is 76.7 Å². The Kier molecular flexibility index (Phi) is 6.60. The molecule has 2 aromatic carbocycles. The predicted molar refractivity (Wildman–Crippen MR) is 95.6 cm³/mol. The Morgan fingerprint density at radius 1 is 0.682 bits per heavy atom. The highest BCUT2D eigenvalue weighted by Crippen LogP contribution is 2.18. The van der Waals surface area contributed by atoms with Gasteiger partial charge in [0.05, 0.1) is 5.71 Å². The van der Waals surface area contributed by atoms with E-state index in [-0.39, 0.29) is 0 Å². The third-order valence-corrected chi connectivity index (χ3v) is 3.34. The summed E-state index contributed by atoms with van der Waals surface area (Å²) in [6.07, 6.45) is 0. The first kappa shape index (κ1) is 17.7. The van der Waals surface area contributed by atoms with Crippen molar-refractivity contribution in [2.24, 2.45) is 0 Å². The second-order valence-electron chi connectivity index (χ2n) is 5.26. The van der Waals surface area contributed by atoms with Crippen LogP contribution in [0, 0.1) is 5.41 Å². The summed E-state index contributed by atoms with van der Waals surface area (Å²) in [5.74, 6) is 0. The molecule has 0 aliphatic heterocycles. The molecule has 0 fully saturated rings. The highest BCUT2D eigenvalue weighted by molar-refractivity contribution is 6.11. The Labute approximate surface area is 133 Å². The van der Waals surface area contributed by atoms with Gasteiger partial charge in [0.15, 0.2) is 0 Å². The molecule has 0 spiro atoms. The Bertz CT molecular complexity index is 533. The zero-order valence-electron chi connectivity index (χ0n) is 14.0. The number of nitrogens with zero attached hydrogens (tertiary/aromatic N) is 2. The van der Waals surface area contributed by atoms with E-state index >= 15 is 0 Å². The van der Waals surface area contributed by atoms with E-state index in [0.29, 0.717) is 5.71 Å². The molecule has 0 saturated carbocycles. The van der Waals surface area contributed by atoms with E-state index in [4.69, 9.17) is 10.5 Å². The maximum atomic E-state index is 8.30. The highest BCUT2D eigenvalue weighted by Gasteiger charge is 2.06. The topological polar surface area (TPSA) is 50.6 Å². The largest absolute Gasteiger partial charge is 0.400 e. The molecule has 0 atom stereocenters. The summed E-state index contributed by atoms with van der Waals surface area (Å²) in [5, 5.41) is 15.3. The van der Waals surface area contributed by atoms with Crippen molar-refractivity contribution in [2.45, 2.75) is 0 Å². The number of nitrogens with one attached hydrogen (secondary N) is 1. The molecule has 0 amide bonds. The van der Waals surface area contributed by atoms with Crippen molar-refractivity contribution in [1.29, 1.82) is 5.41 Å². The zero-order valence-corrected chi connectivity index (χ0v) is 14.0. The molecule has 2 rings (SSSR count). The third-order valence-electron chi connectivity index (χ3n) is 3.34. The van der Waals surface area contributed by atoms with Crippen LogP contribution in [0.4, 0.5) is 11.4 Å². The van der Waals surface area contributed by atoms with Crippen molar-refractivity contribution in [3.63, 3.8) is 0 Å². The summed E-state index contributed by atoms with van der Waals surface area (Å²) in [4.78, 5) is 4.11. The number of anilines is 2. The molecular formula is C18H25N3O. The second-order valence-corrected chi connectivity index (χ2v) is 5.26. The lowest BCUT2D eigenvalue weighted by atomic mass is 10.0. The van der Waals surface area contributed by atoms with E-state index in [9.17, 15) is 0 Å².